The average Bonchev–Trinajstić information content (AvgIpc) is 3.32. The van der Waals surface area contributed by atoms with Crippen LogP contribution in [0.3, 0.4) is 0 Å². The van der Waals surface area contributed by atoms with Crippen LogP contribution >= 0.6 is 11.3 Å². The molecule has 27 heavy (non-hydrogen) atoms. The van der Waals surface area contributed by atoms with Crippen molar-refractivity contribution in [3.05, 3.63) is 69.7 Å². The maximum atomic E-state index is 12.4. The number of nitrogens with one attached hydrogen (secondary N) is 1. The molecule has 0 fully saturated rings. The second-order valence-electron chi connectivity index (χ2n) is 6.04. The predicted octanol–water partition coefficient (Wildman–Crippen LogP) is 3.69. The second kappa shape index (κ2) is 7.67. The molecule has 4 rings (SSSR count). The van der Waals surface area contributed by atoms with Crippen molar-refractivity contribution in [3.63, 3.8) is 0 Å². The minimum absolute atomic E-state index is 0.164. The van der Waals surface area contributed by atoms with Gasteiger partial charge in [-0.25, -0.2) is 4.98 Å². The Kier molecular flexibility index (Phi) is 4.93. The molecule has 3 aromatic rings. The molecule has 2 aromatic carbocycles. The van der Waals surface area contributed by atoms with E-state index in [9.17, 15) is 4.79 Å². The number of rotatable bonds is 6. The molecule has 1 N–H and O–H groups in total. The molecule has 1 aliphatic heterocycles. The molecule has 1 aromatic heterocycles. The van der Waals surface area contributed by atoms with Gasteiger partial charge >= 0.3 is 0 Å². The van der Waals surface area contributed by atoms with Crippen molar-refractivity contribution in [2.75, 3.05) is 6.79 Å². The maximum Gasteiger partial charge on any atom is 0.251 e. The zero-order chi connectivity index (χ0) is 18.6. The summed E-state index contributed by atoms with van der Waals surface area (Å²) in [6.45, 7) is 2.98. The Bertz CT molecular complexity index is 970. The van der Waals surface area contributed by atoms with E-state index in [4.69, 9.17) is 14.2 Å². The Morgan fingerprint density at radius 3 is 2.96 bits per heavy atom. The van der Waals surface area contributed by atoms with E-state index in [2.05, 4.69) is 10.3 Å². The molecule has 7 heteroatoms. The molecule has 2 heterocycles. The zero-order valence-electron chi connectivity index (χ0n) is 14.7. The second-order valence-corrected chi connectivity index (χ2v) is 7.11. The predicted molar refractivity (Wildman–Crippen MR) is 101 cm³/mol. The lowest BCUT2D eigenvalue weighted by Gasteiger charge is -2.09. The summed E-state index contributed by atoms with van der Waals surface area (Å²) in [5, 5.41) is 5.88. The van der Waals surface area contributed by atoms with Gasteiger partial charge in [-0.15, -0.1) is 11.3 Å². The van der Waals surface area contributed by atoms with Gasteiger partial charge in [0.05, 0.1) is 10.7 Å². The van der Waals surface area contributed by atoms with Crippen LogP contribution in [0.5, 0.6) is 17.2 Å². The summed E-state index contributed by atoms with van der Waals surface area (Å²) in [6, 6.07) is 12.7. The molecule has 0 spiro atoms. The molecule has 0 atom stereocenters. The fraction of sp³-hybridized carbons (Fsp3) is 0.200. The Balaban J connectivity index is 1.35. The van der Waals surface area contributed by atoms with E-state index in [1.54, 1.807) is 29.5 Å². The van der Waals surface area contributed by atoms with Crippen molar-refractivity contribution < 1.29 is 19.0 Å². The lowest BCUT2D eigenvalue weighted by atomic mass is 10.1. The topological polar surface area (TPSA) is 69.7 Å². The summed E-state index contributed by atoms with van der Waals surface area (Å²) in [6.07, 6.45) is 0. The highest BCUT2D eigenvalue weighted by Crippen LogP contribution is 2.32. The highest BCUT2D eigenvalue weighted by molar-refractivity contribution is 7.09. The van der Waals surface area contributed by atoms with E-state index in [1.807, 2.05) is 36.6 Å². The van der Waals surface area contributed by atoms with E-state index in [0.717, 1.165) is 22.0 Å². The lowest BCUT2D eigenvalue weighted by molar-refractivity contribution is 0.0950. The van der Waals surface area contributed by atoms with Gasteiger partial charge in [0, 0.05) is 17.5 Å². The lowest BCUT2D eigenvalue weighted by Crippen LogP contribution is -2.22. The summed E-state index contributed by atoms with van der Waals surface area (Å²) in [7, 11) is 0. The number of nitrogens with zero attached hydrogens (tertiary/aromatic N) is 1. The van der Waals surface area contributed by atoms with Crippen LogP contribution in [0.1, 0.15) is 26.6 Å². The normalized spacial score (nSPS) is 12.0. The number of benzene rings is 2. The molecule has 0 saturated heterocycles. The number of aromatic nitrogens is 1. The first-order valence-corrected chi connectivity index (χ1v) is 9.36. The van der Waals surface area contributed by atoms with Crippen LogP contribution in [-0.4, -0.2) is 17.7 Å². The van der Waals surface area contributed by atoms with Crippen molar-refractivity contribution in [2.24, 2.45) is 0 Å². The standard InChI is InChI=1S/C20H18N2O4S/c1-13-22-16(11-27-13)10-24-17-4-2-3-15(8-17)20(23)21-9-14-5-6-18-19(7-14)26-12-25-18/h2-8,11H,9-10,12H2,1H3,(H,21,23). The first-order chi connectivity index (χ1) is 13.2. The summed E-state index contributed by atoms with van der Waals surface area (Å²) >= 11 is 1.59. The van der Waals surface area contributed by atoms with E-state index in [0.29, 0.717) is 30.2 Å². The molecule has 6 nitrogen and oxygen atoms in total. The molecular weight excluding hydrogens is 364 g/mol. The molecule has 1 aliphatic rings. The van der Waals surface area contributed by atoms with E-state index in [1.165, 1.54) is 0 Å². The Morgan fingerprint density at radius 1 is 1.22 bits per heavy atom. The monoisotopic (exact) mass is 382 g/mol. The van der Waals surface area contributed by atoms with Crippen molar-refractivity contribution in [1.82, 2.24) is 10.3 Å². The van der Waals surface area contributed by atoms with Crippen LogP contribution in [-0.2, 0) is 13.2 Å². The zero-order valence-corrected chi connectivity index (χ0v) is 15.5. The van der Waals surface area contributed by atoms with Gasteiger partial charge in [0.2, 0.25) is 6.79 Å². The smallest absolute Gasteiger partial charge is 0.251 e. The summed E-state index contributed by atoms with van der Waals surface area (Å²) in [5.74, 6) is 1.90. The Morgan fingerprint density at radius 2 is 2.11 bits per heavy atom. The van der Waals surface area contributed by atoms with Gasteiger partial charge in [0.25, 0.3) is 5.91 Å². The molecule has 0 saturated carbocycles. The average molecular weight is 382 g/mol. The number of hydrogen-bond acceptors (Lipinski definition) is 6. The van der Waals surface area contributed by atoms with E-state index in [-0.39, 0.29) is 12.7 Å². The van der Waals surface area contributed by atoms with Gasteiger partial charge < -0.3 is 19.5 Å². The van der Waals surface area contributed by atoms with Gasteiger partial charge in [-0.1, -0.05) is 12.1 Å². The van der Waals surface area contributed by atoms with Crippen LogP contribution in [0.15, 0.2) is 47.8 Å². The summed E-state index contributed by atoms with van der Waals surface area (Å²) < 4.78 is 16.4. The minimum Gasteiger partial charge on any atom is -0.487 e. The molecule has 0 unspecified atom stereocenters. The van der Waals surface area contributed by atoms with Crippen LogP contribution in [0.25, 0.3) is 0 Å². The van der Waals surface area contributed by atoms with Crippen molar-refractivity contribution in [2.45, 2.75) is 20.1 Å². The molecule has 0 aliphatic carbocycles. The molecule has 0 radical (unpaired) electrons. The molecule has 1 amide bonds. The van der Waals surface area contributed by atoms with Crippen molar-refractivity contribution in [3.8, 4) is 17.2 Å². The Hall–Kier alpha value is -3.06. The fourth-order valence-electron chi connectivity index (χ4n) is 2.69. The maximum absolute atomic E-state index is 12.4. The van der Waals surface area contributed by atoms with Gasteiger partial charge in [0.15, 0.2) is 11.5 Å². The summed E-state index contributed by atoms with van der Waals surface area (Å²) in [4.78, 5) is 16.8. The van der Waals surface area contributed by atoms with Crippen LogP contribution in [0.2, 0.25) is 0 Å². The van der Waals surface area contributed by atoms with E-state index < -0.39 is 0 Å². The first kappa shape index (κ1) is 17.4. The third kappa shape index (κ3) is 4.20. The summed E-state index contributed by atoms with van der Waals surface area (Å²) in [5.41, 5.74) is 2.37. The molecule has 0 bridgehead atoms. The fourth-order valence-corrected chi connectivity index (χ4v) is 3.29. The number of hydrogen-bond donors (Lipinski definition) is 1. The number of ether oxygens (including phenoxy) is 3. The quantitative estimate of drug-likeness (QED) is 0.704. The number of amides is 1. The largest absolute Gasteiger partial charge is 0.487 e. The number of thiazole rings is 1. The van der Waals surface area contributed by atoms with Crippen LogP contribution < -0.4 is 19.5 Å². The molecule has 138 valence electrons. The number of carbonyl (C=O) groups is 1. The third-order valence-electron chi connectivity index (χ3n) is 4.04. The van der Waals surface area contributed by atoms with Gasteiger partial charge in [-0.3, -0.25) is 4.79 Å². The highest BCUT2D eigenvalue weighted by Gasteiger charge is 2.14. The highest BCUT2D eigenvalue weighted by atomic mass is 32.1. The van der Waals surface area contributed by atoms with Crippen LogP contribution in [0, 0.1) is 6.92 Å². The molecular formula is C20H18N2O4S. The van der Waals surface area contributed by atoms with Crippen molar-refractivity contribution >= 4 is 17.2 Å². The van der Waals surface area contributed by atoms with E-state index >= 15 is 0 Å². The minimum atomic E-state index is -0.164. The van der Waals surface area contributed by atoms with Crippen molar-refractivity contribution in [1.29, 1.82) is 0 Å². The Labute approximate surface area is 160 Å². The number of aryl methyl sites for hydroxylation is 1. The third-order valence-corrected chi connectivity index (χ3v) is 4.86. The number of carbonyl (C=O) groups excluding carboxylic acids is 1. The van der Waals surface area contributed by atoms with Gasteiger partial charge in [-0.05, 0) is 42.8 Å². The first-order valence-electron chi connectivity index (χ1n) is 8.48. The van der Waals surface area contributed by atoms with Gasteiger partial charge in [0.1, 0.15) is 12.4 Å². The van der Waals surface area contributed by atoms with Gasteiger partial charge in [-0.2, -0.15) is 0 Å². The number of fused-ring (bicyclic) bond motifs is 1. The van der Waals surface area contributed by atoms with Crippen LogP contribution in [0.4, 0.5) is 0 Å². The SMILES string of the molecule is Cc1nc(COc2cccc(C(=O)NCc3ccc4c(c3)OCO4)c2)cs1.